The molecule has 5 rings (SSSR count). The van der Waals surface area contributed by atoms with Gasteiger partial charge in [0.25, 0.3) is 0 Å². The number of aliphatic hydroxyl groups excluding tert-OH is 7. The number of urea groups is 1. The summed E-state index contributed by atoms with van der Waals surface area (Å²) in [5.74, 6) is 0.546. The monoisotopic (exact) mass is 763 g/mol. The third-order valence-electron chi connectivity index (χ3n) is 9.97. The van der Waals surface area contributed by atoms with Crippen molar-refractivity contribution in [3.8, 4) is 5.75 Å². The molecule has 1 saturated carbocycles. The fourth-order valence-electron chi connectivity index (χ4n) is 6.86. The van der Waals surface area contributed by atoms with Gasteiger partial charge in [0.1, 0.15) is 78.9 Å². The zero-order chi connectivity index (χ0) is 38.7. The lowest BCUT2D eigenvalue weighted by Gasteiger charge is -2.47. The third kappa shape index (κ3) is 9.01. The van der Waals surface area contributed by atoms with Gasteiger partial charge in [-0.15, -0.1) is 0 Å². The molecule has 0 bridgehead atoms. The minimum atomic E-state index is -1.72. The molecule has 3 saturated heterocycles. The number of carbonyl (C=O) groups is 1. The number of nitrogens with two attached hydrogens (primary N) is 5. The number of ether oxygens (including phenoxy) is 7. The van der Waals surface area contributed by atoms with Crippen LogP contribution in [0, 0.1) is 0 Å². The minimum absolute atomic E-state index is 0.0498. The maximum absolute atomic E-state index is 13.0. The van der Waals surface area contributed by atoms with E-state index in [9.17, 15) is 40.5 Å². The summed E-state index contributed by atoms with van der Waals surface area (Å²) in [5.41, 5.74) is 30.4. The van der Waals surface area contributed by atoms with Gasteiger partial charge in [-0.3, -0.25) is 0 Å². The Bertz CT molecular complexity index is 1320. The molecule has 4 fully saturated rings. The number of aliphatic hydroxyl groups is 7. The quantitative estimate of drug-likeness (QED) is 0.0940. The molecule has 0 aromatic heterocycles. The molecule has 302 valence electrons. The molecule has 19 N–H and O–H groups in total. The summed E-state index contributed by atoms with van der Waals surface area (Å²) in [6.07, 6.45) is -21.4. The van der Waals surface area contributed by atoms with Gasteiger partial charge in [-0.1, -0.05) is 0 Å². The summed E-state index contributed by atoms with van der Waals surface area (Å²) in [5, 5.41) is 80.4. The zero-order valence-corrected chi connectivity index (χ0v) is 28.9. The second-order valence-corrected chi connectivity index (χ2v) is 13.5. The number of methoxy groups -OCH3 is 1. The average molecular weight is 764 g/mol. The van der Waals surface area contributed by atoms with E-state index in [4.69, 9.17) is 61.8 Å². The highest BCUT2D eigenvalue weighted by atomic mass is 16.8. The summed E-state index contributed by atoms with van der Waals surface area (Å²) >= 11 is 0. The Hall–Kier alpha value is -2.43. The van der Waals surface area contributed by atoms with Gasteiger partial charge in [-0.2, -0.15) is 0 Å². The normalized spacial score (nSPS) is 44.7. The molecule has 19 atom stereocenters. The maximum Gasteiger partial charge on any atom is 0.319 e. The van der Waals surface area contributed by atoms with Crippen LogP contribution in [0.1, 0.15) is 6.42 Å². The highest BCUT2D eigenvalue weighted by Gasteiger charge is 2.55. The summed E-state index contributed by atoms with van der Waals surface area (Å²) in [4.78, 5) is 13.0. The van der Waals surface area contributed by atoms with E-state index >= 15 is 0 Å². The standard InChI is InChI=1S/C31H53N7O15/c1-47-11-4-2-10(3-5-11)37-31(46)38-18-23(44)21(42)15(8-33)49-29(18)52-26-16(9-39)50-30(24(26)45)53-27-19(40)12(34)6-13(35)25(27)51-28-17(36)22(43)20(41)14(7-32)48-28/h2-5,12-30,39-45H,6-9,32-36H2,1H3,(H2,37,38,46)/t12-,13?,14?,15?,16-,17?,18?,19?,20-,21-,22-,23+,24+,25-,26?,27-,28-,29-,30+/m1/s1. The zero-order valence-electron chi connectivity index (χ0n) is 28.9. The molecule has 53 heavy (non-hydrogen) atoms. The molecule has 0 radical (unpaired) electrons. The van der Waals surface area contributed by atoms with Crippen molar-refractivity contribution < 1.29 is 73.7 Å². The minimum Gasteiger partial charge on any atom is -0.497 e. The first-order valence-electron chi connectivity index (χ1n) is 17.2. The Kier molecular flexibility index (Phi) is 14.2. The lowest BCUT2D eigenvalue weighted by molar-refractivity contribution is -0.307. The van der Waals surface area contributed by atoms with Crippen LogP contribution in [0.15, 0.2) is 24.3 Å². The van der Waals surface area contributed by atoms with Crippen LogP contribution in [0.2, 0.25) is 0 Å². The van der Waals surface area contributed by atoms with Gasteiger partial charge < -0.3 is 108 Å². The third-order valence-corrected chi connectivity index (χ3v) is 9.97. The molecule has 3 aliphatic heterocycles. The van der Waals surface area contributed by atoms with E-state index in [0.717, 1.165) is 0 Å². The molecule has 3 heterocycles. The van der Waals surface area contributed by atoms with Crippen LogP contribution in [0.3, 0.4) is 0 Å². The predicted molar refractivity (Wildman–Crippen MR) is 179 cm³/mol. The van der Waals surface area contributed by atoms with E-state index in [-0.39, 0.29) is 19.5 Å². The van der Waals surface area contributed by atoms with Crippen LogP contribution in [-0.2, 0) is 28.4 Å². The Morgan fingerprint density at radius 1 is 0.717 bits per heavy atom. The molecule has 1 aliphatic carbocycles. The first-order valence-corrected chi connectivity index (χ1v) is 17.2. The van der Waals surface area contributed by atoms with Crippen molar-refractivity contribution in [3.05, 3.63) is 24.3 Å². The second-order valence-electron chi connectivity index (χ2n) is 13.5. The van der Waals surface area contributed by atoms with Crippen LogP contribution in [0.25, 0.3) is 0 Å². The average Bonchev–Trinajstić information content (AvgIpc) is 3.44. The number of hydrogen-bond donors (Lipinski definition) is 14. The smallest absolute Gasteiger partial charge is 0.319 e. The first-order chi connectivity index (χ1) is 25.2. The maximum atomic E-state index is 13.0. The number of anilines is 1. The summed E-state index contributed by atoms with van der Waals surface area (Å²) in [6, 6.07) is 1.00. The van der Waals surface area contributed by atoms with Crippen molar-refractivity contribution in [2.75, 3.05) is 32.1 Å². The van der Waals surface area contributed by atoms with E-state index in [2.05, 4.69) is 10.6 Å². The summed E-state index contributed by atoms with van der Waals surface area (Å²) in [6.45, 7) is -1.18. The topological polar surface area (TPSA) is 377 Å². The number of rotatable bonds is 12. The highest BCUT2D eigenvalue weighted by molar-refractivity contribution is 5.89. The van der Waals surface area contributed by atoms with Crippen LogP contribution in [-0.4, -0.2) is 185 Å². The second kappa shape index (κ2) is 18.0. The molecule has 1 aromatic carbocycles. The van der Waals surface area contributed by atoms with E-state index < -0.39 is 129 Å². The fourth-order valence-corrected chi connectivity index (χ4v) is 6.86. The molecule has 1 aromatic rings. The Labute approximate surface area is 304 Å². The van der Waals surface area contributed by atoms with E-state index in [0.29, 0.717) is 11.4 Å². The lowest BCUT2D eigenvalue weighted by atomic mass is 9.84. The Balaban J connectivity index is 1.32. The van der Waals surface area contributed by atoms with E-state index in [1.807, 2.05) is 0 Å². The largest absolute Gasteiger partial charge is 0.497 e. The van der Waals surface area contributed by atoms with Gasteiger partial charge >= 0.3 is 6.03 Å². The van der Waals surface area contributed by atoms with Crippen molar-refractivity contribution in [1.82, 2.24) is 5.32 Å². The van der Waals surface area contributed by atoms with Crippen molar-refractivity contribution in [2.24, 2.45) is 28.7 Å². The number of benzene rings is 1. The van der Waals surface area contributed by atoms with Crippen LogP contribution < -0.4 is 44.0 Å². The molecule has 4 aliphatic rings. The van der Waals surface area contributed by atoms with E-state index in [1.165, 1.54) is 7.11 Å². The number of amides is 2. The Morgan fingerprint density at radius 3 is 1.89 bits per heavy atom. The van der Waals surface area contributed by atoms with Crippen LogP contribution >= 0.6 is 0 Å². The molecule has 22 nitrogen and oxygen atoms in total. The molecule has 0 spiro atoms. The van der Waals surface area contributed by atoms with Gasteiger partial charge in [0.05, 0.1) is 25.9 Å². The lowest BCUT2D eigenvalue weighted by Crippen LogP contribution is -2.68. The van der Waals surface area contributed by atoms with Gasteiger partial charge in [-0.05, 0) is 30.7 Å². The molecule has 7 unspecified atom stereocenters. The van der Waals surface area contributed by atoms with Crippen molar-refractivity contribution in [3.63, 3.8) is 0 Å². The summed E-state index contributed by atoms with van der Waals surface area (Å²) in [7, 11) is 1.48. The van der Waals surface area contributed by atoms with Gasteiger partial charge in [0.15, 0.2) is 18.9 Å². The van der Waals surface area contributed by atoms with Crippen molar-refractivity contribution >= 4 is 11.7 Å². The Morgan fingerprint density at radius 2 is 1.28 bits per heavy atom. The first kappa shape index (κ1) is 41.7. The number of nitrogens with one attached hydrogen (secondary N) is 2. The predicted octanol–water partition coefficient (Wildman–Crippen LogP) is -7.02. The molecule has 2 amide bonds. The number of hydrogen-bond acceptors (Lipinski definition) is 20. The van der Waals surface area contributed by atoms with E-state index in [1.54, 1.807) is 24.3 Å². The van der Waals surface area contributed by atoms with Crippen molar-refractivity contribution in [1.29, 1.82) is 0 Å². The fraction of sp³-hybridized carbons (Fsp3) is 0.774. The highest BCUT2D eigenvalue weighted by Crippen LogP contribution is 2.34. The van der Waals surface area contributed by atoms with Crippen LogP contribution in [0.5, 0.6) is 5.75 Å². The molecular formula is C31H53N7O15. The molecule has 22 heteroatoms. The molecular weight excluding hydrogens is 710 g/mol. The van der Waals surface area contributed by atoms with Gasteiger partial charge in [-0.25, -0.2) is 4.79 Å². The van der Waals surface area contributed by atoms with Crippen molar-refractivity contribution in [2.45, 2.75) is 123 Å². The number of carbonyl (C=O) groups excluding carboxylic acids is 1. The SMILES string of the molecule is COc1ccc(NC(=O)NC2[C@@H](OC3[C@@H](CO)O[C@@H](O[C@@H]4C(O)[C@H](N)CC(N)[C@H]4O[C@H]4OC(CN)[C@@H](O)[C@H](O)C4N)[C@H]3O)OC(CN)[C@@H](O)[C@H]2O)cc1. The van der Waals surface area contributed by atoms with Gasteiger partial charge in [0.2, 0.25) is 0 Å². The summed E-state index contributed by atoms with van der Waals surface area (Å²) < 4.78 is 40.6. The van der Waals surface area contributed by atoms with Crippen LogP contribution in [0.4, 0.5) is 10.5 Å². The van der Waals surface area contributed by atoms with Gasteiger partial charge in [0, 0.05) is 30.9 Å².